The highest BCUT2D eigenvalue weighted by molar-refractivity contribution is 4.36. The number of unbranched alkanes of at least 4 members (excludes halogenated alkanes) is 1. The van der Waals surface area contributed by atoms with Gasteiger partial charge in [-0.25, -0.2) is 0 Å². The van der Waals surface area contributed by atoms with E-state index in [1.54, 1.807) is 7.11 Å². The van der Waals surface area contributed by atoms with Crippen LogP contribution in [0.1, 0.15) is 26.7 Å². The topological polar surface area (TPSA) is 35.2 Å². The Morgan fingerprint density at radius 3 is 2.11 bits per heavy atom. The van der Waals surface area contributed by atoms with Gasteiger partial charge in [-0.2, -0.15) is 0 Å². The fourth-order valence-electron chi connectivity index (χ4n) is 0.391. The Balaban J connectivity index is 0. The van der Waals surface area contributed by atoms with Crippen LogP contribution in [0.3, 0.4) is 0 Å². The van der Waals surface area contributed by atoms with Crippen LogP contribution in [0.2, 0.25) is 0 Å². The number of hydrogen-bond donors (Lipinski definition) is 1. The second kappa shape index (κ2) is 15.7. The lowest BCUT2D eigenvalue weighted by molar-refractivity contribution is 0.193. The third kappa shape index (κ3) is 18.1. The summed E-state index contributed by atoms with van der Waals surface area (Å²) < 4.78 is 4.79. The zero-order chi connectivity index (χ0) is 7.54. The molecule has 0 saturated carbocycles. The van der Waals surface area contributed by atoms with E-state index in [9.17, 15) is 0 Å². The second-order valence-electron chi connectivity index (χ2n) is 1.49. The first-order chi connectivity index (χ1) is 4.41. The van der Waals surface area contributed by atoms with Crippen molar-refractivity contribution in [1.82, 2.24) is 0 Å². The molecule has 0 spiro atoms. The standard InChI is InChI=1S/C5H13NO.C2H6/c1-7-5-3-2-4-6;1-2/h2-6H2,1H3;1-2H3. The monoisotopic (exact) mass is 133 g/mol. The minimum Gasteiger partial charge on any atom is -0.385 e. The third-order valence-corrected chi connectivity index (χ3v) is 0.803. The summed E-state index contributed by atoms with van der Waals surface area (Å²) in [7, 11) is 1.70. The first kappa shape index (κ1) is 11.7. The van der Waals surface area contributed by atoms with Crippen molar-refractivity contribution in [1.29, 1.82) is 0 Å². The van der Waals surface area contributed by atoms with Crippen LogP contribution in [-0.2, 0) is 4.74 Å². The molecule has 2 N–H and O–H groups in total. The summed E-state index contributed by atoms with van der Waals surface area (Å²) in [6.45, 7) is 5.63. The van der Waals surface area contributed by atoms with Gasteiger partial charge in [0, 0.05) is 13.7 Å². The molecule has 0 bridgehead atoms. The number of ether oxygens (including phenoxy) is 1. The molecule has 0 radical (unpaired) electrons. The minimum absolute atomic E-state index is 0.781. The predicted molar refractivity (Wildman–Crippen MR) is 41.5 cm³/mol. The van der Waals surface area contributed by atoms with Crippen molar-refractivity contribution in [3.63, 3.8) is 0 Å². The van der Waals surface area contributed by atoms with Crippen molar-refractivity contribution < 1.29 is 4.74 Å². The Morgan fingerprint density at radius 2 is 1.78 bits per heavy atom. The Morgan fingerprint density at radius 1 is 1.22 bits per heavy atom. The van der Waals surface area contributed by atoms with E-state index in [2.05, 4.69) is 0 Å². The molecule has 0 fully saturated rings. The predicted octanol–water partition coefficient (Wildman–Crippen LogP) is 1.40. The van der Waals surface area contributed by atoms with Gasteiger partial charge in [0.05, 0.1) is 0 Å². The highest BCUT2D eigenvalue weighted by Gasteiger charge is 1.79. The lowest BCUT2D eigenvalue weighted by Crippen LogP contribution is -1.99. The molecule has 0 rings (SSSR count). The molecular weight excluding hydrogens is 114 g/mol. The summed E-state index contributed by atoms with van der Waals surface area (Å²) in [5, 5.41) is 0. The van der Waals surface area contributed by atoms with Crippen LogP contribution in [0.25, 0.3) is 0 Å². The lowest BCUT2D eigenvalue weighted by atomic mass is 10.3. The summed E-state index contributed by atoms with van der Waals surface area (Å²) in [6.07, 6.45) is 2.17. The zero-order valence-corrected chi connectivity index (χ0v) is 6.81. The molecule has 0 aliphatic heterocycles. The highest BCUT2D eigenvalue weighted by atomic mass is 16.5. The van der Waals surface area contributed by atoms with Gasteiger partial charge in [0.15, 0.2) is 0 Å². The van der Waals surface area contributed by atoms with Crippen LogP contribution in [0.4, 0.5) is 0 Å². The zero-order valence-electron chi connectivity index (χ0n) is 6.81. The van der Waals surface area contributed by atoms with Crippen molar-refractivity contribution >= 4 is 0 Å². The van der Waals surface area contributed by atoms with Crippen LogP contribution in [0, 0.1) is 0 Å². The van der Waals surface area contributed by atoms with Crippen molar-refractivity contribution in [3.05, 3.63) is 0 Å². The number of rotatable bonds is 4. The van der Waals surface area contributed by atoms with Crippen LogP contribution in [0.15, 0.2) is 0 Å². The quantitative estimate of drug-likeness (QED) is 0.588. The fourth-order valence-corrected chi connectivity index (χ4v) is 0.391. The van der Waals surface area contributed by atoms with Crippen molar-refractivity contribution in [2.75, 3.05) is 20.3 Å². The van der Waals surface area contributed by atoms with E-state index in [0.717, 1.165) is 26.0 Å². The Bertz CT molecular complexity index is 28.1. The second-order valence-corrected chi connectivity index (χ2v) is 1.49. The molecule has 0 unspecified atom stereocenters. The van der Waals surface area contributed by atoms with Crippen molar-refractivity contribution in [2.24, 2.45) is 5.73 Å². The van der Waals surface area contributed by atoms with Gasteiger partial charge in [0.25, 0.3) is 0 Å². The summed E-state index contributed by atoms with van der Waals surface area (Å²) in [4.78, 5) is 0. The molecule has 0 aliphatic carbocycles. The average Bonchev–Trinajstić information content (AvgIpc) is 1.94. The van der Waals surface area contributed by atoms with Crippen LogP contribution < -0.4 is 5.73 Å². The van der Waals surface area contributed by atoms with Gasteiger partial charge in [0.1, 0.15) is 0 Å². The van der Waals surface area contributed by atoms with E-state index in [1.807, 2.05) is 13.8 Å². The van der Waals surface area contributed by atoms with Gasteiger partial charge in [-0.3, -0.25) is 0 Å². The molecule has 2 heteroatoms. The molecule has 9 heavy (non-hydrogen) atoms. The van der Waals surface area contributed by atoms with Gasteiger partial charge in [-0.05, 0) is 19.4 Å². The molecular formula is C7H19NO. The molecule has 0 amide bonds. The molecule has 2 nitrogen and oxygen atoms in total. The Labute approximate surface area is 58.4 Å². The molecule has 0 aromatic heterocycles. The maximum absolute atomic E-state index is 5.21. The first-order valence-corrected chi connectivity index (χ1v) is 3.61. The lowest BCUT2D eigenvalue weighted by Gasteiger charge is -1.92. The van der Waals surface area contributed by atoms with Gasteiger partial charge in [-0.1, -0.05) is 13.8 Å². The molecule has 0 aliphatic rings. The number of methoxy groups -OCH3 is 1. The third-order valence-electron chi connectivity index (χ3n) is 0.803. The molecule has 0 aromatic carbocycles. The normalized spacial score (nSPS) is 8.00. The van der Waals surface area contributed by atoms with Crippen LogP contribution in [0.5, 0.6) is 0 Å². The van der Waals surface area contributed by atoms with E-state index < -0.39 is 0 Å². The van der Waals surface area contributed by atoms with Crippen molar-refractivity contribution in [3.8, 4) is 0 Å². The summed E-state index contributed by atoms with van der Waals surface area (Å²) in [5.74, 6) is 0. The van der Waals surface area contributed by atoms with Crippen molar-refractivity contribution in [2.45, 2.75) is 26.7 Å². The minimum atomic E-state index is 0.781. The maximum Gasteiger partial charge on any atom is 0.0462 e. The first-order valence-electron chi connectivity index (χ1n) is 3.61. The number of hydrogen-bond acceptors (Lipinski definition) is 2. The van der Waals surface area contributed by atoms with E-state index in [-0.39, 0.29) is 0 Å². The summed E-state index contributed by atoms with van der Waals surface area (Å²) >= 11 is 0. The smallest absolute Gasteiger partial charge is 0.0462 e. The SMILES string of the molecule is CC.COCCCCN. The summed E-state index contributed by atoms with van der Waals surface area (Å²) in [5.41, 5.74) is 5.21. The number of nitrogens with two attached hydrogens (primary N) is 1. The van der Waals surface area contributed by atoms with Gasteiger partial charge in [0.2, 0.25) is 0 Å². The van der Waals surface area contributed by atoms with Crippen LogP contribution in [-0.4, -0.2) is 20.3 Å². The van der Waals surface area contributed by atoms with E-state index >= 15 is 0 Å². The van der Waals surface area contributed by atoms with E-state index in [4.69, 9.17) is 10.5 Å². The summed E-state index contributed by atoms with van der Waals surface area (Å²) in [6, 6.07) is 0. The van der Waals surface area contributed by atoms with Gasteiger partial charge < -0.3 is 10.5 Å². The molecule has 0 heterocycles. The highest BCUT2D eigenvalue weighted by Crippen LogP contribution is 1.83. The Hall–Kier alpha value is -0.0800. The molecule has 0 saturated heterocycles. The van der Waals surface area contributed by atoms with E-state index in [1.165, 1.54) is 0 Å². The maximum atomic E-state index is 5.21. The fraction of sp³-hybridized carbons (Fsp3) is 1.00. The van der Waals surface area contributed by atoms with Gasteiger partial charge in [-0.15, -0.1) is 0 Å². The van der Waals surface area contributed by atoms with Gasteiger partial charge >= 0.3 is 0 Å². The van der Waals surface area contributed by atoms with Crippen LogP contribution >= 0.6 is 0 Å². The molecule has 0 atom stereocenters. The molecule has 58 valence electrons. The molecule has 0 aromatic rings. The average molecular weight is 133 g/mol. The largest absolute Gasteiger partial charge is 0.385 e. The Kier molecular flexibility index (Phi) is 20.3. The van der Waals surface area contributed by atoms with E-state index in [0.29, 0.717) is 0 Å².